The number of amides is 1. The third kappa shape index (κ3) is 9.41. The third-order valence-corrected chi connectivity index (χ3v) is 3.41. The lowest BCUT2D eigenvalue weighted by molar-refractivity contribution is -0.142. The number of rotatable bonds is 9. The maximum Gasteiger partial charge on any atom is 0.326 e. The van der Waals surface area contributed by atoms with E-state index in [1.807, 2.05) is 27.7 Å². The van der Waals surface area contributed by atoms with Gasteiger partial charge in [0, 0.05) is 0 Å². The van der Waals surface area contributed by atoms with Gasteiger partial charge in [-0.05, 0) is 24.7 Å². The predicted octanol–water partition coefficient (Wildman–Crippen LogP) is 0.566. The van der Waals surface area contributed by atoms with Gasteiger partial charge in [-0.1, -0.05) is 27.7 Å². The summed E-state index contributed by atoms with van der Waals surface area (Å²) in [4.78, 5) is 23.3. The van der Waals surface area contributed by atoms with Gasteiger partial charge in [-0.3, -0.25) is 4.79 Å². The second-order valence-electron chi connectivity index (χ2n) is 6.10. The number of nitrogens with one attached hydrogen (secondary N) is 2. The van der Waals surface area contributed by atoms with Crippen molar-refractivity contribution in [2.45, 2.75) is 52.6 Å². The van der Waals surface area contributed by atoms with Crippen LogP contribution in [0.1, 0.15) is 40.5 Å². The van der Waals surface area contributed by atoms with Crippen molar-refractivity contribution in [1.29, 1.82) is 0 Å². The molecule has 2 atom stereocenters. The monoisotopic (exact) mass is 322 g/mol. The van der Waals surface area contributed by atoms with Crippen molar-refractivity contribution in [1.82, 2.24) is 10.0 Å². The van der Waals surface area contributed by atoms with E-state index in [0.29, 0.717) is 6.42 Å². The molecule has 0 aromatic carbocycles. The van der Waals surface area contributed by atoms with Gasteiger partial charge < -0.3 is 10.4 Å². The summed E-state index contributed by atoms with van der Waals surface area (Å²) in [5, 5.41) is 11.5. The van der Waals surface area contributed by atoms with Crippen molar-refractivity contribution in [3.8, 4) is 0 Å². The van der Waals surface area contributed by atoms with Crippen LogP contribution in [0.2, 0.25) is 0 Å². The minimum Gasteiger partial charge on any atom is -0.480 e. The van der Waals surface area contributed by atoms with E-state index in [9.17, 15) is 18.0 Å². The lowest BCUT2D eigenvalue weighted by Crippen LogP contribution is -2.52. The molecule has 7 nitrogen and oxygen atoms in total. The summed E-state index contributed by atoms with van der Waals surface area (Å²) in [6, 6.07) is -1.98. The number of hydrogen-bond acceptors (Lipinski definition) is 4. The SMILES string of the molecule is CC(C)CC(NS(C)(=O)=O)C(=O)N[C@@H](CC(C)C)C(=O)O. The Bertz CT molecular complexity index is 459. The summed E-state index contributed by atoms with van der Waals surface area (Å²) in [7, 11) is -3.55. The lowest BCUT2D eigenvalue weighted by Gasteiger charge is -2.22. The van der Waals surface area contributed by atoms with Gasteiger partial charge in [0.1, 0.15) is 12.1 Å². The Labute approximate surface area is 126 Å². The molecule has 0 aromatic rings. The van der Waals surface area contributed by atoms with Crippen molar-refractivity contribution in [2.24, 2.45) is 11.8 Å². The third-order valence-electron chi connectivity index (χ3n) is 2.70. The maximum absolute atomic E-state index is 12.2. The highest BCUT2D eigenvalue weighted by atomic mass is 32.2. The second-order valence-corrected chi connectivity index (χ2v) is 7.88. The first-order chi connectivity index (χ1) is 9.42. The molecule has 0 aliphatic carbocycles. The summed E-state index contributed by atoms with van der Waals surface area (Å²) in [5.41, 5.74) is 0. The summed E-state index contributed by atoms with van der Waals surface area (Å²) in [6.07, 6.45) is 1.55. The van der Waals surface area contributed by atoms with Gasteiger partial charge >= 0.3 is 5.97 Å². The van der Waals surface area contributed by atoms with E-state index in [4.69, 9.17) is 5.11 Å². The van der Waals surface area contributed by atoms with E-state index in [2.05, 4.69) is 10.0 Å². The molecule has 21 heavy (non-hydrogen) atoms. The van der Waals surface area contributed by atoms with Crippen LogP contribution in [0.25, 0.3) is 0 Å². The Morgan fingerprint density at radius 2 is 1.43 bits per heavy atom. The van der Waals surface area contributed by atoms with Crippen molar-refractivity contribution >= 4 is 21.9 Å². The molecule has 124 valence electrons. The number of hydrogen-bond donors (Lipinski definition) is 3. The van der Waals surface area contributed by atoms with E-state index in [1.54, 1.807) is 0 Å². The van der Waals surface area contributed by atoms with Crippen LogP contribution in [0.4, 0.5) is 0 Å². The zero-order valence-corrected chi connectivity index (χ0v) is 14.0. The van der Waals surface area contributed by atoms with Crippen molar-refractivity contribution < 1.29 is 23.1 Å². The van der Waals surface area contributed by atoms with Gasteiger partial charge in [0.05, 0.1) is 6.26 Å². The molecule has 0 spiro atoms. The van der Waals surface area contributed by atoms with E-state index in [1.165, 1.54) is 0 Å². The number of carbonyl (C=O) groups is 2. The Balaban J connectivity index is 4.96. The van der Waals surface area contributed by atoms with Gasteiger partial charge in [-0.2, -0.15) is 0 Å². The van der Waals surface area contributed by atoms with Crippen LogP contribution in [0, 0.1) is 11.8 Å². The van der Waals surface area contributed by atoms with Gasteiger partial charge in [-0.15, -0.1) is 0 Å². The summed E-state index contributed by atoms with van der Waals surface area (Å²) in [6.45, 7) is 7.41. The van der Waals surface area contributed by atoms with Crippen LogP contribution < -0.4 is 10.0 Å². The molecule has 0 aliphatic rings. The number of aliphatic carboxylic acids is 1. The van der Waals surface area contributed by atoms with Crippen molar-refractivity contribution in [3.63, 3.8) is 0 Å². The molecule has 0 aliphatic heterocycles. The van der Waals surface area contributed by atoms with Crippen LogP contribution in [0.5, 0.6) is 0 Å². The fraction of sp³-hybridized carbons (Fsp3) is 0.846. The minimum absolute atomic E-state index is 0.0865. The summed E-state index contributed by atoms with van der Waals surface area (Å²) >= 11 is 0. The molecule has 0 rings (SSSR count). The molecule has 0 heterocycles. The molecule has 0 fully saturated rings. The maximum atomic E-state index is 12.2. The Kier molecular flexibility index (Phi) is 7.87. The topological polar surface area (TPSA) is 113 Å². The van der Waals surface area contributed by atoms with E-state index >= 15 is 0 Å². The first-order valence-electron chi connectivity index (χ1n) is 6.92. The number of sulfonamides is 1. The molecule has 0 saturated carbocycles. The molecule has 0 saturated heterocycles. The smallest absolute Gasteiger partial charge is 0.326 e. The van der Waals surface area contributed by atoms with E-state index in [-0.39, 0.29) is 18.3 Å². The standard InChI is InChI=1S/C13H26N2O5S/c1-8(2)6-10(15-21(5,19)20)12(16)14-11(13(17)18)7-9(3)4/h8-11,15H,6-7H2,1-5H3,(H,14,16)(H,17,18)/t10?,11-/m0/s1. The first kappa shape index (κ1) is 19.9. The molecular weight excluding hydrogens is 296 g/mol. The highest BCUT2D eigenvalue weighted by molar-refractivity contribution is 7.88. The predicted molar refractivity (Wildman–Crippen MR) is 80.2 cm³/mol. The average molecular weight is 322 g/mol. The minimum atomic E-state index is -3.55. The summed E-state index contributed by atoms with van der Waals surface area (Å²) < 4.78 is 24.9. The number of carbonyl (C=O) groups excluding carboxylic acids is 1. The van der Waals surface area contributed by atoms with Crippen LogP contribution in [0.15, 0.2) is 0 Å². The quantitative estimate of drug-likeness (QED) is 0.574. The van der Waals surface area contributed by atoms with Gasteiger partial charge in [0.25, 0.3) is 0 Å². The van der Waals surface area contributed by atoms with Gasteiger partial charge in [-0.25, -0.2) is 17.9 Å². The Hall–Kier alpha value is -1.15. The largest absolute Gasteiger partial charge is 0.480 e. The van der Waals surface area contributed by atoms with Crippen LogP contribution in [-0.2, 0) is 19.6 Å². The summed E-state index contributed by atoms with van der Waals surface area (Å²) in [5.74, 6) is -1.55. The Morgan fingerprint density at radius 1 is 1.00 bits per heavy atom. The van der Waals surface area contributed by atoms with Crippen LogP contribution in [0.3, 0.4) is 0 Å². The fourth-order valence-electron chi connectivity index (χ4n) is 1.90. The molecule has 0 radical (unpaired) electrons. The van der Waals surface area contributed by atoms with E-state index in [0.717, 1.165) is 6.26 Å². The van der Waals surface area contributed by atoms with Gasteiger partial charge in [0.2, 0.25) is 15.9 Å². The van der Waals surface area contributed by atoms with Crippen molar-refractivity contribution in [2.75, 3.05) is 6.26 Å². The second kappa shape index (κ2) is 8.33. The fourth-order valence-corrected chi connectivity index (χ4v) is 2.62. The normalized spacial score (nSPS) is 15.0. The average Bonchev–Trinajstić information content (AvgIpc) is 2.23. The molecule has 1 unspecified atom stereocenters. The molecule has 0 bridgehead atoms. The zero-order valence-electron chi connectivity index (χ0n) is 13.2. The zero-order chi connectivity index (χ0) is 16.8. The van der Waals surface area contributed by atoms with Crippen molar-refractivity contribution in [3.05, 3.63) is 0 Å². The highest BCUT2D eigenvalue weighted by Gasteiger charge is 2.28. The molecular formula is C13H26N2O5S. The van der Waals surface area contributed by atoms with Gasteiger partial charge in [0.15, 0.2) is 0 Å². The highest BCUT2D eigenvalue weighted by Crippen LogP contribution is 2.09. The molecule has 1 amide bonds. The van der Waals surface area contributed by atoms with Crippen LogP contribution >= 0.6 is 0 Å². The molecule has 0 aromatic heterocycles. The number of carboxylic acid groups (broad SMARTS) is 1. The Morgan fingerprint density at radius 3 is 1.76 bits per heavy atom. The number of carboxylic acids is 1. The molecule has 8 heteroatoms. The van der Waals surface area contributed by atoms with E-state index < -0.39 is 34.0 Å². The molecule has 3 N–H and O–H groups in total. The first-order valence-corrected chi connectivity index (χ1v) is 8.82. The lowest BCUT2D eigenvalue weighted by atomic mass is 10.0. The van der Waals surface area contributed by atoms with Crippen LogP contribution in [-0.4, -0.2) is 43.7 Å².